The number of amides is 2. The van der Waals surface area contributed by atoms with Crippen LogP contribution in [0.1, 0.15) is 25.7 Å². The van der Waals surface area contributed by atoms with Crippen molar-refractivity contribution in [1.29, 1.82) is 0 Å². The molecule has 2 aliphatic heterocycles. The number of likely N-dealkylation sites (tertiary alicyclic amines) is 2. The Morgan fingerprint density at radius 1 is 0.812 bits per heavy atom. The summed E-state index contributed by atoms with van der Waals surface area (Å²) in [6, 6.07) is 0.733. The molecule has 0 aromatic heterocycles. The van der Waals surface area contributed by atoms with E-state index in [4.69, 9.17) is 11.5 Å². The highest BCUT2D eigenvalue weighted by molar-refractivity contribution is 5.74. The average Bonchev–Trinajstić information content (AvgIpc) is 2.30. The summed E-state index contributed by atoms with van der Waals surface area (Å²) in [7, 11) is 0. The molecule has 0 unspecified atom stereocenters. The number of rotatable bonds is 0. The number of piperidine rings is 2. The van der Waals surface area contributed by atoms with Crippen molar-refractivity contribution in [2.75, 3.05) is 26.2 Å². The molecule has 0 aromatic rings. The Morgan fingerprint density at radius 3 is 1.44 bits per heavy atom. The van der Waals surface area contributed by atoms with Crippen LogP contribution >= 0.6 is 0 Å². The Morgan fingerprint density at radius 2 is 1.12 bits per heavy atom. The zero-order valence-corrected chi connectivity index (χ0v) is 9.77. The summed E-state index contributed by atoms with van der Waals surface area (Å²) in [5.74, 6) is 0. The second kappa shape index (κ2) is 5.01. The Bertz CT molecular complexity index is 218. The third kappa shape index (κ3) is 2.65. The SMILES string of the molecule is NC1CCN(C(=O)N2CCC(N)CC2)CC1. The molecule has 0 aromatic carbocycles. The molecule has 2 aliphatic rings. The minimum absolute atomic E-state index is 0.179. The number of carbonyl (C=O) groups is 1. The first-order chi connectivity index (χ1) is 7.66. The molecule has 2 rings (SSSR count). The van der Waals surface area contributed by atoms with E-state index < -0.39 is 0 Å². The van der Waals surface area contributed by atoms with Crippen LogP contribution in [0, 0.1) is 0 Å². The van der Waals surface area contributed by atoms with E-state index >= 15 is 0 Å². The Balaban J connectivity index is 1.83. The number of carbonyl (C=O) groups excluding carboxylic acids is 1. The van der Waals surface area contributed by atoms with Crippen molar-refractivity contribution in [2.45, 2.75) is 37.8 Å². The molecule has 2 fully saturated rings. The van der Waals surface area contributed by atoms with Gasteiger partial charge >= 0.3 is 6.03 Å². The zero-order chi connectivity index (χ0) is 11.5. The van der Waals surface area contributed by atoms with Crippen molar-refractivity contribution in [3.8, 4) is 0 Å². The standard InChI is InChI=1S/C11H22N4O/c12-9-1-5-14(6-2-9)11(16)15-7-3-10(13)4-8-15/h9-10H,1-8,12-13H2. The maximum absolute atomic E-state index is 12.1. The lowest BCUT2D eigenvalue weighted by Crippen LogP contribution is -2.52. The number of nitrogens with two attached hydrogens (primary N) is 2. The predicted molar refractivity (Wildman–Crippen MR) is 63.0 cm³/mol. The van der Waals surface area contributed by atoms with E-state index in [2.05, 4.69) is 0 Å². The van der Waals surface area contributed by atoms with Gasteiger partial charge in [-0.15, -0.1) is 0 Å². The first-order valence-corrected chi connectivity index (χ1v) is 6.22. The van der Waals surface area contributed by atoms with Crippen LogP contribution in [-0.4, -0.2) is 54.1 Å². The second-order valence-electron chi connectivity index (χ2n) is 4.93. The first-order valence-electron chi connectivity index (χ1n) is 6.22. The lowest BCUT2D eigenvalue weighted by atomic mass is 10.1. The van der Waals surface area contributed by atoms with E-state index in [1.165, 1.54) is 0 Å². The predicted octanol–water partition coefficient (Wildman–Crippen LogP) is -0.0474. The van der Waals surface area contributed by atoms with Gasteiger partial charge in [0.15, 0.2) is 0 Å². The third-order valence-corrected chi connectivity index (χ3v) is 3.62. The molecule has 0 bridgehead atoms. The molecule has 0 spiro atoms. The van der Waals surface area contributed by atoms with Crippen molar-refractivity contribution in [1.82, 2.24) is 9.80 Å². The molecule has 0 aliphatic carbocycles. The lowest BCUT2D eigenvalue weighted by molar-refractivity contribution is 0.129. The Kier molecular flexibility index (Phi) is 3.66. The molecule has 5 nitrogen and oxygen atoms in total. The molecule has 2 heterocycles. The van der Waals surface area contributed by atoms with Gasteiger partial charge in [-0.2, -0.15) is 0 Å². The van der Waals surface area contributed by atoms with E-state index in [9.17, 15) is 4.79 Å². The molecule has 5 heteroatoms. The number of nitrogens with zero attached hydrogens (tertiary/aromatic N) is 2. The average molecular weight is 226 g/mol. The topological polar surface area (TPSA) is 75.6 Å². The highest BCUT2D eigenvalue weighted by atomic mass is 16.2. The van der Waals surface area contributed by atoms with Gasteiger partial charge in [-0.1, -0.05) is 0 Å². The van der Waals surface area contributed by atoms with Gasteiger partial charge in [-0.25, -0.2) is 4.79 Å². The third-order valence-electron chi connectivity index (χ3n) is 3.62. The van der Waals surface area contributed by atoms with E-state index in [0.29, 0.717) is 0 Å². The Labute approximate surface area is 96.7 Å². The summed E-state index contributed by atoms with van der Waals surface area (Å²) >= 11 is 0. The normalized spacial score (nSPS) is 24.9. The minimum atomic E-state index is 0.179. The van der Waals surface area contributed by atoms with Gasteiger partial charge in [0, 0.05) is 38.3 Å². The second-order valence-corrected chi connectivity index (χ2v) is 4.93. The smallest absolute Gasteiger partial charge is 0.320 e. The highest BCUT2D eigenvalue weighted by Crippen LogP contribution is 2.14. The van der Waals surface area contributed by atoms with Crippen LogP contribution in [0.25, 0.3) is 0 Å². The van der Waals surface area contributed by atoms with Gasteiger partial charge in [-0.05, 0) is 25.7 Å². The van der Waals surface area contributed by atoms with Crippen molar-refractivity contribution in [2.24, 2.45) is 11.5 Å². The van der Waals surface area contributed by atoms with Crippen LogP contribution in [0.5, 0.6) is 0 Å². The molecule has 0 radical (unpaired) electrons. The van der Waals surface area contributed by atoms with Crippen LogP contribution in [-0.2, 0) is 0 Å². The summed E-state index contributed by atoms with van der Waals surface area (Å²) in [5, 5.41) is 0. The molecular formula is C11H22N4O. The van der Waals surface area contributed by atoms with Crippen LogP contribution in [0.15, 0.2) is 0 Å². The lowest BCUT2D eigenvalue weighted by Gasteiger charge is -2.37. The van der Waals surface area contributed by atoms with Gasteiger partial charge in [0.25, 0.3) is 0 Å². The number of hydrogen-bond donors (Lipinski definition) is 2. The highest BCUT2D eigenvalue weighted by Gasteiger charge is 2.27. The molecule has 0 saturated carbocycles. The summed E-state index contributed by atoms with van der Waals surface area (Å²) in [5.41, 5.74) is 11.7. The van der Waals surface area contributed by atoms with Crippen LogP contribution in [0.2, 0.25) is 0 Å². The van der Waals surface area contributed by atoms with Crippen LogP contribution < -0.4 is 11.5 Å². The van der Waals surface area contributed by atoms with Gasteiger partial charge in [0.2, 0.25) is 0 Å². The summed E-state index contributed by atoms with van der Waals surface area (Å²) in [4.78, 5) is 16.0. The van der Waals surface area contributed by atoms with Crippen molar-refractivity contribution >= 4 is 6.03 Å². The number of urea groups is 1. The first kappa shape index (κ1) is 11.7. The van der Waals surface area contributed by atoms with Gasteiger partial charge in [-0.3, -0.25) is 0 Å². The molecule has 16 heavy (non-hydrogen) atoms. The fourth-order valence-electron chi connectivity index (χ4n) is 2.38. The summed E-state index contributed by atoms with van der Waals surface area (Å²) in [6.07, 6.45) is 3.72. The molecule has 0 atom stereocenters. The van der Waals surface area contributed by atoms with Gasteiger partial charge in [0.05, 0.1) is 0 Å². The maximum Gasteiger partial charge on any atom is 0.320 e. The summed E-state index contributed by atoms with van der Waals surface area (Å²) < 4.78 is 0. The molecule has 4 N–H and O–H groups in total. The van der Waals surface area contributed by atoms with Crippen LogP contribution in [0.3, 0.4) is 0 Å². The largest absolute Gasteiger partial charge is 0.328 e. The quantitative estimate of drug-likeness (QED) is 0.608. The van der Waals surface area contributed by atoms with Crippen molar-refractivity contribution < 1.29 is 4.79 Å². The zero-order valence-electron chi connectivity index (χ0n) is 9.77. The van der Waals surface area contributed by atoms with Crippen molar-refractivity contribution in [3.05, 3.63) is 0 Å². The molecular weight excluding hydrogens is 204 g/mol. The van der Waals surface area contributed by atoms with E-state index in [-0.39, 0.29) is 18.1 Å². The van der Waals surface area contributed by atoms with E-state index in [0.717, 1.165) is 51.9 Å². The fraction of sp³-hybridized carbons (Fsp3) is 0.909. The fourth-order valence-corrected chi connectivity index (χ4v) is 2.38. The molecule has 92 valence electrons. The summed E-state index contributed by atoms with van der Waals surface area (Å²) in [6.45, 7) is 3.23. The Hall–Kier alpha value is -0.810. The monoisotopic (exact) mass is 226 g/mol. The maximum atomic E-state index is 12.1. The van der Waals surface area contributed by atoms with Crippen molar-refractivity contribution in [3.63, 3.8) is 0 Å². The number of hydrogen-bond acceptors (Lipinski definition) is 3. The van der Waals surface area contributed by atoms with E-state index in [1.807, 2.05) is 9.80 Å². The minimum Gasteiger partial charge on any atom is -0.328 e. The van der Waals surface area contributed by atoms with E-state index in [1.54, 1.807) is 0 Å². The molecule has 2 saturated heterocycles. The van der Waals surface area contributed by atoms with Gasteiger partial charge < -0.3 is 21.3 Å². The van der Waals surface area contributed by atoms with Gasteiger partial charge in [0.1, 0.15) is 0 Å². The van der Waals surface area contributed by atoms with Crippen LogP contribution in [0.4, 0.5) is 4.79 Å². The molecule has 2 amide bonds.